The molecule has 1 saturated heterocycles. The average molecular weight is 428 g/mol. The summed E-state index contributed by atoms with van der Waals surface area (Å²) in [5, 5.41) is 2.86. The normalized spacial score (nSPS) is 18.2. The van der Waals surface area contributed by atoms with Gasteiger partial charge in [0.15, 0.2) is 0 Å². The van der Waals surface area contributed by atoms with E-state index >= 15 is 0 Å². The van der Waals surface area contributed by atoms with E-state index in [0.717, 1.165) is 29.5 Å². The molecule has 5 heteroatoms. The lowest BCUT2D eigenvalue weighted by Crippen LogP contribution is -2.54. The van der Waals surface area contributed by atoms with E-state index in [1.165, 1.54) is 5.56 Å². The number of likely N-dealkylation sites (tertiary alicyclic amines) is 1. The van der Waals surface area contributed by atoms with E-state index in [-0.39, 0.29) is 11.8 Å². The zero-order chi connectivity index (χ0) is 22.4. The Balaban J connectivity index is 1.51. The summed E-state index contributed by atoms with van der Waals surface area (Å²) in [5.74, 6) is 0.0499. The zero-order valence-electron chi connectivity index (χ0n) is 18.5. The Labute approximate surface area is 189 Å². The van der Waals surface area contributed by atoms with Crippen molar-refractivity contribution in [2.75, 3.05) is 20.1 Å². The van der Waals surface area contributed by atoms with Crippen LogP contribution in [0.1, 0.15) is 24.0 Å². The Morgan fingerprint density at radius 3 is 2.41 bits per heavy atom. The summed E-state index contributed by atoms with van der Waals surface area (Å²) in [7, 11) is 1.68. The molecule has 0 radical (unpaired) electrons. The molecular formula is C27H29N3O2. The van der Waals surface area contributed by atoms with E-state index in [2.05, 4.69) is 46.7 Å². The van der Waals surface area contributed by atoms with Gasteiger partial charge in [-0.3, -0.25) is 14.6 Å². The topological polar surface area (TPSA) is 62.3 Å². The van der Waals surface area contributed by atoms with E-state index in [0.29, 0.717) is 25.9 Å². The van der Waals surface area contributed by atoms with E-state index in [1.807, 2.05) is 35.2 Å². The monoisotopic (exact) mass is 427 g/mol. The number of piperidine rings is 1. The molecule has 2 amide bonds. The van der Waals surface area contributed by atoms with E-state index in [4.69, 9.17) is 0 Å². The van der Waals surface area contributed by atoms with Crippen molar-refractivity contribution in [3.63, 3.8) is 0 Å². The van der Waals surface area contributed by atoms with Crippen molar-refractivity contribution in [2.45, 2.75) is 25.7 Å². The first-order valence-corrected chi connectivity index (χ1v) is 11.1. The molecule has 1 fully saturated rings. The average Bonchev–Trinajstić information content (AvgIpc) is 2.85. The fraction of sp³-hybridized carbons (Fsp3) is 0.296. The van der Waals surface area contributed by atoms with Gasteiger partial charge in [-0.05, 0) is 47.6 Å². The molecule has 2 heterocycles. The van der Waals surface area contributed by atoms with Crippen LogP contribution in [0.3, 0.4) is 0 Å². The number of carbonyl (C=O) groups excluding carboxylic acids is 2. The lowest BCUT2D eigenvalue weighted by molar-refractivity contribution is -0.141. The molecule has 1 aromatic heterocycles. The summed E-state index contributed by atoms with van der Waals surface area (Å²) in [6, 6.07) is 22.4. The van der Waals surface area contributed by atoms with Crippen molar-refractivity contribution >= 4 is 11.8 Å². The van der Waals surface area contributed by atoms with Crippen LogP contribution in [0.5, 0.6) is 0 Å². The lowest BCUT2D eigenvalue weighted by Gasteiger charge is -2.41. The molecule has 2 aromatic carbocycles. The number of benzene rings is 2. The molecule has 3 aromatic rings. The maximum absolute atomic E-state index is 13.0. The summed E-state index contributed by atoms with van der Waals surface area (Å²) in [6.45, 7) is 1.12. The number of aromatic nitrogens is 1. The summed E-state index contributed by atoms with van der Waals surface area (Å²) < 4.78 is 0. The van der Waals surface area contributed by atoms with Crippen molar-refractivity contribution in [2.24, 2.45) is 5.41 Å². The maximum Gasteiger partial charge on any atom is 0.228 e. The summed E-state index contributed by atoms with van der Waals surface area (Å²) in [4.78, 5) is 32.0. The van der Waals surface area contributed by atoms with Gasteiger partial charge in [0.25, 0.3) is 0 Å². The number of rotatable bonds is 6. The molecule has 32 heavy (non-hydrogen) atoms. The summed E-state index contributed by atoms with van der Waals surface area (Å²) in [6.07, 6.45) is 5.93. The van der Waals surface area contributed by atoms with Gasteiger partial charge in [-0.15, -0.1) is 0 Å². The van der Waals surface area contributed by atoms with Crippen LogP contribution in [0, 0.1) is 5.41 Å². The lowest BCUT2D eigenvalue weighted by atomic mass is 9.74. The smallest absolute Gasteiger partial charge is 0.228 e. The van der Waals surface area contributed by atoms with Gasteiger partial charge in [-0.1, -0.05) is 60.7 Å². The molecule has 1 unspecified atom stereocenters. The van der Waals surface area contributed by atoms with E-state index < -0.39 is 5.41 Å². The number of hydrogen-bond acceptors (Lipinski definition) is 3. The Bertz CT molecular complexity index is 1050. The third kappa shape index (κ3) is 4.88. The Kier molecular flexibility index (Phi) is 6.64. The summed E-state index contributed by atoms with van der Waals surface area (Å²) in [5.41, 5.74) is 3.71. The minimum atomic E-state index is -0.619. The highest BCUT2D eigenvalue weighted by Crippen LogP contribution is 2.35. The van der Waals surface area contributed by atoms with Crippen LogP contribution in [-0.2, 0) is 22.4 Å². The molecule has 5 nitrogen and oxygen atoms in total. The number of hydrogen-bond donors (Lipinski definition) is 1. The molecule has 1 atom stereocenters. The van der Waals surface area contributed by atoms with Crippen molar-refractivity contribution < 1.29 is 9.59 Å². The molecule has 1 N–H and O–H groups in total. The van der Waals surface area contributed by atoms with Gasteiger partial charge in [0.2, 0.25) is 11.8 Å². The molecule has 164 valence electrons. The molecule has 1 aliphatic heterocycles. The van der Waals surface area contributed by atoms with Crippen LogP contribution in [0.25, 0.3) is 11.1 Å². The molecule has 0 spiro atoms. The number of nitrogens with zero attached hydrogens (tertiary/aromatic N) is 2. The maximum atomic E-state index is 13.0. The van der Waals surface area contributed by atoms with Gasteiger partial charge in [-0.25, -0.2) is 0 Å². The van der Waals surface area contributed by atoms with Gasteiger partial charge in [0, 0.05) is 32.5 Å². The van der Waals surface area contributed by atoms with Gasteiger partial charge in [0.05, 0.1) is 11.8 Å². The number of carbonyl (C=O) groups is 2. The molecular weight excluding hydrogens is 398 g/mol. The highest BCUT2D eigenvalue weighted by Gasteiger charge is 2.43. The van der Waals surface area contributed by atoms with Crippen molar-refractivity contribution in [1.82, 2.24) is 15.2 Å². The third-order valence-electron chi connectivity index (χ3n) is 6.32. The van der Waals surface area contributed by atoms with E-state index in [9.17, 15) is 9.59 Å². The fourth-order valence-electron chi connectivity index (χ4n) is 4.65. The highest BCUT2D eigenvalue weighted by atomic mass is 16.2. The quantitative estimate of drug-likeness (QED) is 0.649. The number of pyridine rings is 1. The van der Waals surface area contributed by atoms with Crippen molar-refractivity contribution in [3.8, 4) is 11.1 Å². The predicted molar refractivity (Wildman–Crippen MR) is 126 cm³/mol. The molecule has 4 rings (SSSR count). The van der Waals surface area contributed by atoms with Crippen molar-refractivity contribution in [3.05, 3.63) is 90.3 Å². The van der Waals surface area contributed by atoms with E-state index in [1.54, 1.807) is 19.4 Å². The minimum Gasteiger partial charge on any atom is -0.359 e. The SMILES string of the molecule is CNC(=O)C1(Cc2ccc(-c3ccccc3)cc2)CCCN(C(=O)Cc2cccnc2)C1. The second kappa shape index (κ2) is 9.77. The summed E-state index contributed by atoms with van der Waals surface area (Å²) >= 11 is 0. The Morgan fingerprint density at radius 1 is 0.969 bits per heavy atom. The molecule has 1 aliphatic rings. The Morgan fingerprint density at radius 2 is 1.72 bits per heavy atom. The minimum absolute atomic E-state index is 0.00325. The first kappa shape index (κ1) is 21.8. The second-order valence-electron chi connectivity index (χ2n) is 8.56. The largest absolute Gasteiger partial charge is 0.359 e. The molecule has 0 aliphatic carbocycles. The first-order chi connectivity index (χ1) is 15.6. The van der Waals surface area contributed by atoms with Crippen LogP contribution in [0.2, 0.25) is 0 Å². The van der Waals surface area contributed by atoms with Crippen molar-refractivity contribution in [1.29, 1.82) is 0 Å². The van der Waals surface area contributed by atoms with Gasteiger partial charge >= 0.3 is 0 Å². The standard InChI is InChI=1S/C27H29N3O2/c1-28-26(32)27(18-21-10-12-24(13-11-21)23-8-3-2-4-9-23)14-6-16-30(20-27)25(31)17-22-7-5-15-29-19-22/h2-5,7-13,15,19H,6,14,16-18,20H2,1H3,(H,28,32). The van der Waals surface area contributed by atoms with Crippen LogP contribution in [0.15, 0.2) is 79.1 Å². The number of nitrogens with one attached hydrogen (secondary N) is 1. The van der Waals surface area contributed by atoms with Crippen LogP contribution < -0.4 is 5.32 Å². The number of amides is 2. The van der Waals surface area contributed by atoms with Gasteiger partial charge < -0.3 is 10.2 Å². The van der Waals surface area contributed by atoms with Gasteiger partial charge in [0.1, 0.15) is 0 Å². The third-order valence-corrected chi connectivity index (χ3v) is 6.32. The van der Waals surface area contributed by atoms with Gasteiger partial charge in [-0.2, -0.15) is 0 Å². The van der Waals surface area contributed by atoms with Crippen LogP contribution in [-0.4, -0.2) is 41.8 Å². The predicted octanol–water partition coefficient (Wildman–Crippen LogP) is 3.89. The first-order valence-electron chi connectivity index (χ1n) is 11.1. The van der Waals surface area contributed by atoms with Crippen LogP contribution >= 0.6 is 0 Å². The van der Waals surface area contributed by atoms with Crippen LogP contribution in [0.4, 0.5) is 0 Å². The zero-order valence-corrected chi connectivity index (χ0v) is 18.5. The fourth-order valence-corrected chi connectivity index (χ4v) is 4.65. The highest BCUT2D eigenvalue weighted by molar-refractivity contribution is 5.85. The molecule has 0 bridgehead atoms. The second-order valence-corrected chi connectivity index (χ2v) is 8.56. The molecule has 0 saturated carbocycles. The Hall–Kier alpha value is -3.47.